The van der Waals surface area contributed by atoms with Crippen molar-refractivity contribution in [1.82, 2.24) is 10.2 Å². The van der Waals surface area contributed by atoms with Crippen LogP contribution in [0.1, 0.15) is 24.3 Å². The third kappa shape index (κ3) is 2.72. The summed E-state index contributed by atoms with van der Waals surface area (Å²) in [5, 5.41) is 2.82. The van der Waals surface area contributed by atoms with Crippen LogP contribution in [0.3, 0.4) is 0 Å². The first-order chi connectivity index (χ1) is 11.1. The van der Waals surface area contributed by atoms with E-state index in [9.17, 15) is 14.0 Å². The molecule has 2 amide bonds. The monoisotopic (exact) mass is 318 g/mol. The van der Waals surface area contributed by atoms with E-state index in [0.717, 1.165) is 18.4 Å². The van der Waals surface area contributed by atoms with Gasteiger partial charge in [-0.1, -0.05) is 12.1 Å². The minimum Gasteiger partial charge on any atom is -0.365 e. The predicted octanol–water partition coefficient (Wildman–Crippen LogP) is 1.05. The first-order valence-electron chi connectivity index (χ1n) is 8.08. The molecule has 1 saturated carbocycles. The molecule has 0 radical (unpaired) electrons. The average Bonchev–Trinajstić information content (AvgIpc) is 3.35. The number of benzene rings is 1. The number of hydrogen-bond acceptors (Lipinski definition) is 3. The maximum Gasteiger partial charge on any atom is 0.246 e. The number of carbonyl (C=O) groups excluding carboxylic acids is 2. The molecule has 3 atom stereocenters. The first kappa shape index (κ1) is 14.6. The Labute approximate surface area is 133 Å². The largest absolute Gasteiger partial charge is 0.365 e. The van der Waals surface area contributed by atoms with Crippen LogP contribution >= 0.6 is 0 Å². The van der Waals surface area contributed by atoms with Gasteiger partial charge in [0.2, 0.25) is 11.8 Å². The summed E-state index contributed by atoms with van der Waals surface area (Å²) in [5.41, 5.74) is 0.946. The minimum atomic E-state index is -0.284. The number of amides is 2. The number of ether oxygens (including phenoxy) is 1. The van der Waals surface area contributed by atoms with Gasteiger partial charge in [0.1, 0.15) is 12.4 Å². The molecule has 23 heavy (non-hydrogen) atoms. The molecule has 3 fully saturated rings. The molecule has 1 aromatic rings. The molecule has 0 unspecified atom stereocenters. The Morgan fingerprint density at radius 2 is 2.00 bits per heavy atom. The van der Waals surface area contributed by atoms with E-state index in [-0.39, 0.29) is 48.2 Å². The van der Waals surface area contributed by atoms with Crippen LogP contribution in [-0.4, -0.2) is 48.6 Å². The smallest absolute Gasteiger partial charge is 0.246 e. The molecule has 2 heterocycles. The molecule has 1 aliphatic carbocycles. The van der Waals surface area contributed by atoms with Crippen molar-refractivity contribution in [2.75, 3.05) is 19.7 Å². The minimum absolute atomic E-state index is 0.00429. The quantitative estimate of drug-likeness (QED) is 0.886. The Kier molecular flexibility index (Phi) is 3.56. The van der Waals surface area contributed by atoms with Crippen LogP contribution in [0.15, 0.2) is 24.3 Å². The summed E-state index contributed by atoms with van der Waals surface area (Å²) >= 11 is 0. The zero-order valence-corrected chi connectivity index (χ0v) is 12.7. The van der Waals surface area contributed by atoms with Crippen molar-refractivity contribution in [2.45, 2.75) is 30.9 Å². The molecule has 2 aliphatic heterocycles. The summed E-state index contributed by atoms with van der Waals surface area (Å²) in [5.74, 6) is -0.189. The Balaban J connectivity index is 1.64. The highest BCUT2D eigenvalue weighted by Crippen LogP contribution is 2.39. The number of carbonyl (C=O) groups is 2. The van der Waals surface area contributed by atoms with E-state index < -0.39 is 0 Å². The fraction of sp³-hybridized carbons (Fsp3) is 0.529. The van der Waals surface area contributed by atoms with Crippen LogP contribution in [0, 0.1) is 11.7 Å². The third-order valence-corrected chi connectivity index (χ3v) is 4.99. The maximum absolute atomic E-state index is 13.2. The molecule has 0 aromatic heterocycles. The third-order valence-electron chi connectivity index (χ3n) is 4.99. The van der Waals surface area contributed by atoms with E-state index in [2.05, 4.69) is 5.32 Å². The Morgan fingerprint density at radius 1 is 1.26 bits per heavy atom. The maximum atomic E-state index is 13.2. The van der Waals surface area contributed by atoms with Gasteiger partial charge >= 0.3 is 0 Å². The fourth-order valence-electron chi connectivity index (χ4n) is 3.61. The van der Waals surface area contributed by atoms with Crippen molar-refractivity contribution in [3.8, 4) is 0 Å². The van der Waals surface area contributed by atoms with Gasteiger partial charge in [0.25, 0.3) is 0 Å². The number of nitrogens with one attached hydrogen (secondary N) is 1. The van der Waals surface area contributed by atoms with Gasteiger partial charge in [-0.2, -0.15) is 0 Å². The molecule has 0 spiro atoms. The van der Waals surface area contributed by atoms with Gasteiger partial charge in [-0.15, -0.1) is 0 Å². The summed E-state index contributed by atoms with van der Waals surface area (Å²) < 4.78 is 19.0. The van der Waals surface area contributed by atoms with Crippen molar-refractivity contribution < 1.29 is 18.7 Å². The van der Waals surface area contributed by atoms with Gasteiger partial charge in [-0.05, 0) is 30.5 Å². The normalized spacial score (nSPS) is 30.6. The Bertz CT molecular complexity index is 629. The van der Waals surface area contributed by atoms with E-state index in [4.69, 9.17) is 4.74 Å². The van der Waals surface area contributed by atoms with Gasteiger partial charge < -0.3 is 15.0 Å². The molecule has 0 bridgehead atoms. The molecule has 122 valence electrons. The molecule has 4 rings (SSSR count). The lowest BCUT2D eigenvalue weighted by atomic mass is 9.93. The van der Waals surface area contributed by atoms with Crippen LogP contribution in [0.4, 0.5) is 4.39 Å². The lowest BCUT2D eigenvalue weighted by Crippen LogP contribution is -2.46. The highest BCUT2D eigenvalue weighted by Gasteiger charge is 2.49. The molecular weight excluding hydrogens is 299 g/mol. The second-order valence-corrected chi connectivity index (χ2v) is 6.57. The van der Waals surface area contributed by atoms with E-state index >= 15 is 0 Å². The van der Waals surface area contributed by atoms with E-state index in [0.29, 0.717) is 13.1 Å². The van der Waals surface area contributed by atoms with Gasteiger partial charge in [0, 0.05) is 24.9 Å². The number of rotatable bonds is 2. The standard InChI is InChI=1S/C17H19FN2O3/c18-12-5-3-10(4-6-12)13-8-20(17(22)11-1-2-11)14-7-19-15(21)9-23-16(13)14/h3-6,11,13-14,16H,1-2,7-9H2,(H,19,21)/t13-,14-,16-/m1/s1. The molecule has 2 saturated heterocycles. The number of likely N-dealkylation sites (tertiary alicyclic amines) is 1. The second-order valence-electron chi connectivity index (χ2n) is 6.57. The van der Waals surface area contributed by atoms with E-state index in [1.54, 1.807) is 12.1 Å². The molecule has 3 aliphatic rings. The molecule has 6 heteroatoms. The topological polar surface area (TPSA) is 58.6 Å². The number of halogens is 1. The Morgan fingerprint density at radius 3 is 2.70 bits per heavy atom. The molecule has 1 aromatic carbocycles. The summed E-state index contributed by atoms with van der Waals surface area (Å²) in [6.07, 6.45) is 1.66. The fourth-order valence-corrected chi connectivity index (χ4v) is 3.61. The predicted molar refractivity (Wildman–Crippen MR) is 80.1 cm³/mol. The SMILES string of the molecule is O=C1CO[C@@H]2[C@@H](c3ccc(F)cc3)CN(C(=O)C3CC3)[C@@H]2CN1. The summed E-state index contributed by atoms with van der Waals surface area (Å²) in [4.78, 5) is 26.1. The number of fused-ring (bicyclic) bond motifs is 1. The molecule has 5 nitrogen and oxygen atoms in total. The number of nitrogens with zero attached hydrogens (tertiary/aromatic N) is 1. The van der Waals surface area contributed by atoms with Crippen LogP contribution in [0.25, 0.3) is 0 Å². The van der Waals surface area contributed by atoms with Crippen LogP contribution in [0.2, 0.25) is 0 Å². The van der Waals surface area contributed by atoms with Gasteiger partial charge in [0.05, 0.1) is 12.1 Å². The van der Waals surface area contributed by atoms with E-state index in [1.165, 1.54) is 12.1 Å². The molecule has 1 N–H and O–H groups in total. The van der Waals surface area contributed by atoms with Crippen molar-refractivity contribution in [3.63, 3.8) is 0 Å². The van der Waals surface area contributed by atoms with Crippen molar-refractivity contribution in [3.05, 3.63) is 35.6 Å². The average molecular weight is 318 g/mol. The van der Waals surface area contributed by atoms with Gasteiger partial charge in [-0.25, -0.2) is 4.39 Å². The Hall–Kier alpha value is -1.95. The van der Waals surface area contributed by atoms with Gasteiger partial charge in [0.15, 0.2) is 0 Å². The van der Waals surface area contributed by atoms with Crippen molar-refractivity contribution >= 4 is 11.8 Å². The van der Waals surface area contributed by atoms with Crippen LogP contribution in [-0.2, 0) is 14.3 Å². The first-order valence-corrected chi connectivity index (χ1v) is 8.08. The van der Waals surface area contributed by atoms with Crippen molar-refractivity contribution in [2.24, 2.45) is 5.92 Å². The summed E-state index contributed by atoms with van der Waals surface area (Å²) in [7, 11) is 0. The summed E-state index contributed by atoms with van der Waals surface area (Å²) in [6, 6.07) is 6.19. The van der Waals surface area contributed by atoms with E-state index in [1.807, 2.05) is 4.90 Å². The lowest BCUT2D eigenvalue weighted by Gasteiger charge is -2.26. The lowest BCUT2D eigenvalue weighted by molar-refractivity contribution is -0.134. The van der Waals surface area contributed by atoms with Crippen molar-refractivity contribution in [1.29, 1.82) is 0 Å². The highest BCUT2D eigenvalue weighted by molar-refractivity contribution is 5.82. The van der Waals surface area contributed by atoms with Crippen LogP contribution < -0.4 is 5.32 Å². The zero-order valence-electron chi connectivity index (χ0n) is 12.7. The highest BCUT2D eigenvalue weighted by atomic mass is 19.1. The number of hydrogen-bond donors (Lipinski definition) is 1. The zero-order chi connectivity index (χ0) is 16.0. The second kappa shape index (κ2) is 5.60. The van der Waals surface area contributed by atoms with Gasteiger partial charge in [-0.3, -0.25) is 9.59 Å². The molecular formula is C17H19FN2O3. The van der Waals surface area contributed by atoms with Crippen LogP contribution in [0.5, 0.6) is 0 Å². The summed E-state index contributed by atoms with van der Waals surface area (Å²) in [6.45, 7) is 0.982.